The average molecular weight is 250 g/mol. The van der Waals surface area contributed by atoms with Gasteiger partial charge in [-0.15, -0.1) is 0 Å². The van der Waals surface area contributed by atoms with Crippen LogP contribution >= 0.6 is 0 Å². The number of hydrogen-bond donors (Lipinski definition) is 1. The molecule has 0 radical (unpaired) electrons. The smallest absolute Gasteiger partial charge is 0.396 e. The van der Waals surface area contributed by atoms with Crippen molar-refractivity contribution in [3.05, 3.63) is 12.4 Å². The summed E-state index contributed by atoms with van der Waals surface area (Å²) in [5, 5.41) is 3.93. The molecule has 0 aliphatic rings. The lowest BCUT2D eigenvalue weighted by Gasteiger charge is -2.22. The lowest BCUT2D eigenvalue weighted by atomic mass is 10.4. The fourth-order valence-corrected chi connectivity index (χ4v) is 1.59. The summed E-state index contributed by atoms with van der Waals surface area (Å²) in [5.74, 6) is 0. The average Bonchev–Trinajstić information content (AvgIpc) is 2.59. The van der Waals surface area contributed by atoms with Gasteiger partial charge in [-0.3, -0.25) is 9.58 Å². The molecule has 1 heterocycles. The fourth-order valence-electron chi connectivity index (χ4n) is 1.59. The largest absolute Gasteiger partial charge is 0.401 e. The van der Waals surface area contributed by atoms with Gasteiger partial charge in [0, 0.05) is 12.7 Å². The van der Waals surface area contributed by atoms with Crippen LogP contribution in [0.2, 0.25) is 0 Å². The zero-order chi connectivity index (χ0) is 12.9. The molecule has 0 amide bonds. The Bertz CT molecular complexity index is 335. The van der Waals surface area contributed by atoms with Crippen molar-refractivity contribution in [1.82, 2.24) is 14.7 Å². The van der Waals surface area contributed by atoms with E-state index in [0.29, 0.717) is 31.7 Å². The van der Waals surface area contributed by atoms with E-state index in [9.17, 15) is 13.2 Å². The Morgan fingerprint density at radius 1 is 1.41 bits per heavy atom. The first-order valence-electron chi connectivity index (χ1n) is 5.47. The highest BCUT2D eigenvalue weighted by Crippen LogP contribution is 2.16. The van der Waals surface area contributed by atoms with Crippen LogP contribution in [0.25, 0.3) is 0 Å². The molecule has 4 nitrogen and oxygen atoms in total. The van der Waals surface area contributed by atoms with E-state index in [1.54, 1.807) is 10.9 Å². The summed E-state index contributed by atoms with van der Waals surface area (Å²) in [6, 6.07) is 0. The number of aromatic nitrogens is 2. The van der Waals surface area contributed by atoms with E-state index in [-0.39, 0.29) is 0 Å². The highest BCUT2D eigenvalue weighted by Gasteiger charge is 2.30. The number of nitrogens with zero attached hydrogens (tertiary/aromatic N) is 3. The van der Waals surface area contributed by atoms with E-state index >= 15 is 0 Å². The zero-order valence-electron chi connectivity index (χ0n) is 9.74. The summed E-state index contributed by atoms with van der Waals surface area (Å²) in [4.78, 5) is 1.37. The van der Waals surface area contributed by atoms with Crippen LogP contribution in [-0.2, 0) is 6.54 Å². The van der Waals surface area contributed by atoms with Crippen LogP contribution in [0, 0.1) is 0 Å². The molecule has 0 spiro atoms. The predicted octanol–water partition coefficient (Wildman–Crippen LogP) is 1.74. The van der Waals surface area contributed by atoms with Crippen molar-refractivity contribution >= 4 is 5.69 Å². The molecule has 0 unspecified atom stereocenters. The Balaban J connectivity index is 2.44. The van der Waals surface area contributed by atoms with Crippen molar-refractivity contribution in [3.63, 3.8) is 0 Å². The van der Waals surface area contributed by atoms with Gasteiger partial charge < -0.3 is 5.73 Å². The molecule has 1 aromatic rings. The molecule has 0 aliphatic carbocycles. The zero-order valence-corrected chi connectivity index (χ0v) is 9.74. The fraction of sp³-hybridized carbons (Fsp3) is 0.700. The lowest BCUT2D eigenvalue weighted by molar-refractivity contribution is -0.146. The predicted molar refractivity (Wildman–Crippen MR) is 59.4 cm³/mol. The van der Waals surface area contributed by atoms with Gasteiger partial charge in [0.25, 0.3) is 0 Å². The first-order chi connectivity index (χ1) is 7.90. The number of anilines is 1. The maximum Gasteiger partial charge on any atom is 0.401 e. The van der Waals surface area contributed by atoms with Crippen molar-refractivity contribution < 1.29 is 13.2 Å². The summed E-state index contributed by atoms with van der Waals surface area (Å²) in [6.07, 6.45) is -0.374. The highest BCUT2D eigenvalue weighted by molar-refractivity contribution is 5.30. The maximum absolute atomic E-state index is 12.3. The quantitative estimate of drug-likeness (QED) is 0.836. The molecule has 0 atom stereocenters. The number of rotatable bonds is 6. The van der Waals surface area contributed by atoms with E-state index < -0.39 is 12.7 Å². The molecule has 0 saturated carbocycles. The minimum absolute atomic E-state index is 0.314. The Morgan fingerprint density at radius 3 is 2.59 bits per heavy atom. The van der Waals surface area contributed by atoms with Gasteiger partial charge in [0.1, 0.15) is 0 Å². The summed E-state index contributed by atoms with van der Waals surface area (Å²) in [7, 11) is 0. The second-order valence-corrected chi connectivity index (χ2v) is 3.93. The van der Waals surface area contributed by atoms with Crippen LogP contribution in [0.15, 0.2) is 12.4 Å². The normalized spacial score (nSPS) is 12.3. The molecule has 98 valence electrons. The molecule has 17 heavy (non-hydrogen) atoms. The second kappa shape index (κ2) is 5.90. The van der Waals surface area contributed by atoms with E-state index in [4.69, 9.17) is 5.73 Å². The van der Waals surface area contributed by atoms with Crippen LogP contribution < -0.4 is 5.73 Å². The molecule has 0 saturated heterocycles. The molecular weight excluding hydrogens is 233 g/mol. The molecular formula is C10H17F3N4. The topological polar surface area (TPSA) is 47.1 Å². The molecule has 0 aromatic carbocycles. The summed E-state index contributed by atoms with van der Waals surface area (Å²) < 4.78 is 38.4. The Hall–Kier alpha value is -1.24. The number of nitrogens with two attached hydrogens (primary N) is 1. The van der Waals surface area contributed by atoms with Crippen LogP contribution in [0.3, 0.4) is 0 Å². The van der Waals surface area contributed by atoms with Gasteiger partial charge in [-0.2, -0.15) is 18.3 Å². The van der Waals surface area contributed by atoms with Crippen molar-refractivity contribution in [3.8, 4) is 0 Å². The van der Waals surface area contributed by atoms with Gasteiger partial charge in [-0.25, -0.2) is 0 Å². The van der Waals surface area contributed by atoms with Gasteiger partial charge in [0.2, 0.25) is 0 Å². The van der Waals surface area contributed by atoms with Gasteiger partial charge in [-0.1, -0.05) is 6.92 Å². The Morgan fingerprint density at radius 2 is 2.12 bits per heavy atom. The van der Waals surface area contributed by atoms with Crippen molar-refractivity contribution in [1.29, 1.82) is 0 Å². The summed E-state index contributed by atoms with van der Waals surface area (Å²) in [6.45, 7) is 2.13. The number of halogens is 3. The molecule has 1 aromatic heterocycles. The molecule has 7 heteroatoms. The molecule has 0 aliphatic heterocycles. The first kappa shape index (κ1) is 13.8. The monoisotopic (exact) mass is 250 g/mol. The number of alkyl halides is 3. The molecule has 2 N–H and O–H groups in total. The minimum atomic E-state index is -4.15. The standard InChI is InChI=1S/C10H17F3N4/c1-2-3-16(8-10(11,12)13)4-5-17-7-9(14)6-15-17/h6-7H,2-5,8,14H2,1H3. The van der Waals surface area contributed by atoms with E-state index in [1.807, 2.05) is 6.92 Å². The summed E-state index contributed by atoms with van der Waals surface area (Å²) >= 11 is 0. The third-order valence-electron chi connectivity index (χ3n) is 2.24. The third kappa shape index (κ3) is 5.58. The highest BCUT2D eigenvalue weighted by atomic mass is 19.4. The molecule has 0 fully saturated rings. The Kier molecular flexibility index (Phi) is 4.80. The second-order valence-electron chi connectivity index (χ2n) is 3.93. The SMILES string of the molecule is CCCN(CCn1cc(N)cn1)CC(F)(F)F. The van der Waals surface area contributed by atoms with E-state index in [2.05, 4.69) is 5.10 Å². The van der Waals surface area contributed by atoms with Crippen molar-refractivity contribution in [2.75, 3.05) is 25.4 Å². The third-order valence-corrected chi connectivity index (χ3v) is 2.24. The van der Waals surface area contributed by atoms with Crippen LogP contribution in [0.5, 0.6) is 0 Å². The van der Waals surface area contributed by atoms with Gasteiger partial charge >= 0.3 is 6.18 Å². The number of nitrogen functional groups attached to an aromatic ring is 1. The van der Waals surface area contributed by atoms with E-state index in [1.165, 1.54) is 11.1 Å². The molecule has 1 rings (SSSR count). The van der Waals surface area contributed by atoms with Gasteiger partial charge in [0.05, 0.1) is 25.0 Å². The van der Waals surface area contributed by atoms with Gasteiger partial charge in [-0.05, 0) is 13.0 Å². The van der Waals surface area contributed by atoms with E-state index in [0.717, 1.165) is 0 Å². The van der Waals surface area contributed by atoms with Crippen LogP contribution in [0.1, 0.15) is 13.3 Å². The number of hydrogen-bond acceptors (Lipinski definition) is 3. The van der Waals surface area contributed by atoms with Gasteiger partial charge in [0.15, 0.2) is 0 Å². The van der Waals surface area contributed by atoms with Crippen LogP contribution in [0.4, 0.5) is 18.9 Å². The van der Waals surface area contributed by atoms with Crippen molar-refractivity contribution in [2.24, 2.45) is 0 Å². The Labute approximate surface area is 98.2 Å². The van der Waals surface area contributed by atoms with Crippen LogP contribution in [-0.4, -0.2) is 40.5 Å². The van der Waals surface area contributed by atoms with Crippen molar-refractivity contribution in [2.45, 2.75) is 26.1 Å². The summed E-state index contributed by atoms with van der Waals surface area (Å²) in [5.41, 5.74) is 5.99. The first-order valence-corrected chi connectivity index (χ1v) is 5.47. The maximum atomic E-state index is 12.3. The minimum Gasteiger partial charge on any atom is -0.396 e. The molecule has 0 bridgehead atoms. The lowest BCUT2D eigenvalue weighted by Crippen LogP contribution is -2.37.